The molecule has 0 radical (unpaired) electrons. The molecule has 1 aromatic rings. The first-order valence-electron chi connectivity index (χ1n) is 9.01. The average molecular weight is 429 g/mol. The number of benzene rings is 1. The van der Waals surface area contributed by atoms with E-state index in [1.807, 2.05) is 0 Å². The lowest BCUT2D eigenvalue weighted by atomic mass is 9.99. The number of aliphatic hydroxyl groups excluding tert-OH is 5. The van der Waals surface area contributed by atoms with Crippen LogP contribution in [-0.2, 0) is 14.4 Å². The SMILES string of the molecule is NC(CO)C(=O)NC(CO)C(O)C(O)C(O)C(=O)NC(CC(=O)O)c1ccccc1. The van der Waals surface area contributed by atoms with E-state index in [1.165, 1.54) is 0 Å². The molecule has 0 spiro atoms. The van der Waals surface area contributed by atoms with Crippen LogP contribution in [-0.4, -0.2) is 92.0 Å². The van der Waals surface area contributed by atoms with E-state index >= 15 is 0 Å². The van der Waals surface area contributed by atoms with Crippen LogP contribution < -0.4 is 16.4 Å². The molecular formula is C18H27N3O9. The zero-order chi connectivity index (χ0) is 22.8. The molecule has 1 rings (SSSR count). The minimum atomic E-state index is -2.21. The molecular weight excluding hydrogens is 402 g/mol. The molecule has 0 aliphatic rings. The molecule has 12 nitrogen and oxygen atoms in total. The quantitative estimate of drug-likeness (QED) is 0.157. The van der Waals surface area contributed by atoms with Crippen molar-refractivity contribution in [2.45, 2.75) is 42.9 Å². The van der Waals surface area contributed by atoms with Crippen LogP contribution in [0.1, 0.15) is 18.0 Å². The third kappa shape index (κ3) is 7.33. The second kappa shape index (κ2) is 12.2. The Labute approximate surface area is 172 Å². The molecule has 30 heavy (non-hydrogen) atoms. The molecule has 0 saturated heterocycles. The third-order valence-corrected chi connectivity index (χ3v) is 4.31. The summed E-state index contributed by atoms with van der Waals surface area (Å²) < 4.78 is 0. The van der Waals surface area contributed by atoms with Crippen molar-refractivity contribution < 1.29 is 45.0 Å². The van der Waals surface area contributed by atoms with Crippen molar-refractivity contribution in [1.82, 2.24) is 10.6 Å². The van der Waals surface area contributed by atoms with E-state index < -0.39 is 73.9 Å². The highest BCUT2D eigenvalue weighted by atomic mass is 16.4. The van der Waals surface area contributed by atoms with Crippen molar-refractivity contribution >= 4 is 17.8 Å². The summed E-state index contributed by atoms with van der Waals surface area (Å²) in [6.45, 7) is -1.58. The summed E-state index contributed by atoms with van der Waals surface area (Å²) in [6, 6.07) is 4.18. The van der Waals surface area contributed by atoms with Crippen LogP contribution in [0.15, 0.2) is 30.3 Å². The maximum absolute atomic E-state index is 12.3. The Morgan fingerprint density at radius 1 is 0.900 bits per heavy atom. The molecule has 0 bridgehead atoms. The van der Waals surface area contributed by atoms with Gasteiger partial charge < -0.3 is 47.0 Å². The maximum atomic E-state index is 12.3. The van der Waals surface area contributed by atoms with Gasteiger partial charge in [-0.05, 0) is 5.56 Å². The van der Waals surface area contributed by atoms with Crippen molar-refractivity contribution in [3.63, 3.8) is 0 Å². The molecule has 0 aromatic heterocycles. The van der Waals surface area contributed by atoms with Crippen LogP contribution in [0.25, 0.3) is 0 Å². The zero-order valence-corrected chi connectivity index (χ0v) is 16.0. The Kier molecular flexibility index (Phi) is 10.3. The molecule has 2 amide bonds. The predicted octanol–water partition coefficient (Wildman–Crippen LogP) is -3.80. The van der Waals surface area contributed by atoms with Gasteiger partial charge in [-0.1, -0.05) is 30.3 Å². The van der Waals surface area contributed by atoms with Gasteiger partial charge in [0.05, 0.1) is 31.7 Å². The molecule has 12 heteroatoms. The van der Waals surface area contributed by atoms with E-state index in [1.54, 1.807) is 30.3 Å². The maximum Gasteiger partial charge on any atom is 0.305 e. The zero-order valence-electron chi connectivity index (χ0n) is 16.0. The highest BCUT2D eigenvalue weighted by Gasteiger charge is 2.37. The Balaban J connectivity index is 2.85. The van der Waals surface area contributed by atoms with E-state index in [9.17, 15) is 34.8 Å². The summed E-state index contributed by atoms with van der Waals surface area (Å²) in [7, 11) is 0. The van der Waals surface area contributed by atoms with Gasteiger partial charge in [0.1, 0.15) is 18.2 Å². The van der Waals surface area contributed by atoms with E-state index in [0.717, 1.165) is 0 Å². The lowest BCUT2D eigenvalue weighted by molar-refractivity contribution is -0.145. The topological polar surface area (TPSA) is 223 Å². The van der Waals surface area contributed by atoms with Gasteiger partial charge in [0.15, 0.2) is 6.10 Å². The second-order valence-corrected chi connectivity index (χ2v) is 6.58. The number of rotatable bonds is 12. The van der Waals surface area contributed by atoms with E-state index in [2.05, 4.69) is 10.6 Å². The highest BCUT2D eigenvalue weighted by molar-refractivity contribution is 5.83. The average Bonchev–Trinajstić information content (AvgIpc) is 2.74. The van der Waals surface area contributed by atoms with Crippen molar-refractivity contribution in [2.24, 2.45) is 5.73 Å². The molecule has 6 atom stereocenters. The number of carboxylic acid groups (broad SMARTS) is 1. The lowest BCUT2D eigenvalue weighted by Crippen LogP contribution is -2.58. The van der Waals surface area contributed by atoms with Crippen LogP contribution >= 0.6 is 0 Å². The fourth-order valence-electron chi connectivity index (χ4n) is 2.56. The van der Waals surface area contributed by atoms with Crippen molar-refractivity contribution in [2.75, 3.05) is 13.2 Å². The largest absolute Gasteiger partial charge is 0.481 e. The molecule has 10 N–H and O–H groups in total. The smallest absolute Gasteiger partial charge is 0.305 e. The number of carboxylic acids is 1. The highest BCUT2D eigenvalue weighted by Crippen LogP contribution is 2.17. The Bertz CT molecular complexity index is 703. The molecule has 0 aliphatic carbocycles. The summed E-state index contributed by atoms with van der Waals surface area (Å²) in [6.07, 6.45) is -6.85. The number of aliphatic hydroxyl groups is 5. The second-order valence-electron chi connectivity index (χ2n) is 6.58. The summed E-state index contributed by atoms with van der Waals surface area (Å²) in [4.78, 5) is 35.1. The lowest BCUT2D eigenvalue weighted by Gasteiger charge is -2.30. The normalized spacial score (nSPS) is 17.1. The molecule has 0 heterocycles. The van der Waals surface area contributed by atoms with Crippen LogP contribution in [0.3, 0.4) is 0 Å². The minimum absolute atomic E-state index is 0.439. The fourth-order valence-corrected chi connectivity index (χ4v) is 2.56. The Morgan fingerprint density at radius 2 is 1.50 bits per heavy atom. The minimum Gasteiger partial charge on any atom is -0.481 e. The summed E-state index contributed by atoms with van der Waals surface area (Å²) in [5.74, 6) is -3.33. The number of aliphatic carboxylic acids is 1. The van der Waals surface area contributed by atoms with Gasteiger partial charge in [-0.25, -0.2) is 0 Å². The first-order chi connectivity index (χ1) is 14.1. The Morgan fingerprint density at radius 3 is 2.00 bits per heavy atom. The van der Waals surface area contributed by atoms with Crippen molar-refractivity contribution in [1.29, 1.82) is 0 Å². The first kappa shape index (κ1) is 25.4. The summed E-state index contributed by atoms with van der Waals surface area (Å²) >= 11 is 0. The standard InChI is InChI=1S/C18H27N3O9/c19-10(7-22)17(29)21-12(8-23)14(26)15(27)16(28)18(30)20-11(6-13(24)25)9-4-2-1-3-5-9/h1-5,10-12,14-16,22-23,26-28H,6-8,19H2,(H,20,30)(H,21,29)(H,24,25). The van der Waals surface area contributed by atoms with Crippen molar-refractivity contribution in [3.8, 4) is 0 Å². The monoisotopic (exact) mass is 429 g/mol. The number of nitrogens with two attached hydrogens (primary N) is 1. The molecule has 6 unspecified atom stereocenters. The number of hydrogen-bond donors (Lipinski definition) is 9. The third-order valence-electron chi connectivity index (χ3n) is 4.31. The van der Waals surface area contributed by atoms with E-state index in [0.29, 0.717) is 5.56 Å². The van der Waals surface area contributed by atoms with Gasteiger partial charge in [0.2, 0.25) is 5.91 Å². The van der Waals surface area contributed by atoms with Crippen LogP contribution in [0, 0.1) is 0 Å². The molecule has 0 saturated carbocycles. The number of carbonyl (C=O) groups excluding carboxylic acids is 2. The number of nitrogens with one attached hydrogen (secondary N) is 2. The number of hydrogen-bond acceptors (Lipinski definition) is 9. The number of amides is 2. The first-order valence-corrected chi connectivity index (χ1v) is 9.01. The van der Waals surface area contributed by atoms with Crippen molar-refractivity contribution in [3.05, 3.63) is 35.9 Å². The van der Waals surface area contributed by atoms with Crippen LogP contribution in [0.5, 0.6) is 0 Å². The van der Waals surface area contributed by atoms with Gasteiger partial charge in [-0.15, -0.1) is 0 Å². The van der Waals surface area contributed by atoms with Gasteiger partial charge >= 0.3 is 5.97 Å². The molecule has 1 aromatic carbocycles. The van der Waals surface area contributed by atoms with Gasteiger partial charge in [-0.3, -0.25) is 14.4 Å². The number of carbonyl (C=O) groups is 3. The fraction of sp³-hybridized carbons (Fsp3) is 0.500. The summed E-state index contributed by atoms with van der Waals surface area (Å²) in [5.41, 5.74) is 5.74. The van der Waals surface area contributed by atoms with Gasteiger partial charge in [0, 0.05) is 0 Å². The van der Waals surface area contributed by atoms with E-state index in [4.69, 9.17) is 15.9 Å². The summed E-state index contributed by atoms with van der Waals surface area (Å²) in [5, 5.41) is 61.9. The molecule has 0 fully saturated rings. The van der Waals surface area contributed by atoms with Gasteiger partial charge in [0.25, 0.3) is 5.91 Å². The predicted molar refractivity (Wildman–Crippen MR) is 102 cm³/mol. The Hall–Kier alpha value is -2.61. The van der Waals surface area contributed by atoms with Crippen LogP contribution in [0.4, 0.5) is 0 Å². The van der Waals surface area contributed by atoms with Gasteiger partial charge in [-0.2, -0.15) is 0 Å². The van der Waals surface area contributed by atoms with Crippen LogP contribution in [0.2, 0.25) is 0 Å². The molecule has 168 valence electrons. The van der Waals surface area contributed by atoms with E-state index in [-0.39, 0.29) is 0 Å². The molecule has 0 aliphatic heterocycles.